The largest absolute Gasteiger partial charge is 0.275 e. The molecule has 136 valence electrons. The van der Waals surface area contributed by atoms with Crippen LogP contribution in [0.5, 0.6) is 0 Å². The van der Waals surface area contributed by atoms with Gasteiger partial charge in [0.2, 0.25) is 0 Å². The first-order valence-corrected chi connectivity index (χ1v) is 8.69. The maximum atomic E-state index is 11.0. The highest BCUT2D eigenvalue weighted by atomic mass is 16.6. The second-order valence-corrected chi connectivity index (χ2v) is 6.59. The molecule has 7 heteroatoms. The zero-order valence-electron chi connectivity index (χ0n) is 15.1. The standard InChI is InChI=1S/C20H19N5O2/c1-14-18(13-23(2)21-14)20-12-19(15-6-4-3-5-7-15)22-24(20)16-8-10-17(11-9-16)25(26)27/h3-11,13,20H,12H2,1-2H3/t20-/m1/s1. The van der Waals surface area contributed by atoms with Crippen molar-refractivity contribution in [2.45, 2.75) is 19.4 Å². The number of aromatic nitrogens is 2. The summed E-state index contributed by atoms with van der Waals surface area (Å²) < 4.78 is 1.80. The Kier molecular flexibility index (Phi) is 4.19. The van der Waals surface area contributed by atoms with Crippen molar-refractivity contribution in [1.82, 2.24) is 9.78 Å². The van der Waals surface area contributed by atoms with Gasteiger partial charge in [0.1, 0.15) is 0 Å². The number of hydrogen-bond acceptors (Lipinski definition) is 5. The number of aryl methyl sites for hydroxylation is 2. The van der Waals surface area contributed by atoms with Gasteiger partial charge in [-0.1, -0.05) is 30.3 Å². The van der Waals surface area contributed by atoms with E-state index in [1.807, 2.05) is 55.5 Å². The van der Waals surface area contributed by atoms with Crippen molar-refractivity contribution < 1.29 is 4.92 Å². The van der Waals surface area contributed by atoms with Gasteiger partial charge in [-0.2, -0.15) is 10.2 Å². The van der Waals surface area contributed by atoms with Crippen LogP contribution in [0.4, 0.5) is 11.4 Å². The molecule has 0 fully saturated rings. The third-order valence-electron chi connectivity index (χ3n) is 4.75. The van der Waals surface area contributed by atoms with E-state index < -0.39 is 4.92 Å². The zero-order chi connectivity index (χ0) is 19.0. The minimum Gasteiger partial charge on any atom is -0.275 e. The summed E-state index contributed by atoms with van der Waals surface area (Å²) >= 11 is 0. The molecule has 0 aliphatic carbocycles. The summed E-state index contributed by atoms with van der Waals surface area (Å²) in [6.07, 6.45) is 2.76. The summed E-state index contributed by atoms with van der Waals surface area (Å²) in [7, 11) is 1.90. The van der Waals surface area contributed by atoms with Crippen molar-refractivity contribution in [2.75, 3.05) is 5.01 Å². The Labute approximate surface area is 156 Å². The molecule has 0 spiro atoms. The Morgan fingerprint density at radius 3 is 2.41 bits per heavy atom. The molecule has 1 aliphatic heterocycles. The molecule has 1 aromatic heterocycles. The molecule has 2 heterocycles. The molecule has 2 aromatic carbocycles. The van der Waals surface area contributed by atoms with Gasteiger partial charge in [-0.05, 0) is 24.6 Å². The summed E-state index contributed by atoms with van der Waals surface area (Å²) in [6.45, 7) is 1.99. The van der Waals surface area contributed by atoms with Gasteiger partial charge in [-0.15, -0.1) is 0 Å². The van der Waals surface area contributed by atoms with E-state index in [0.717, 1.165) is 34.6 Å². The monoisotopic (exact) mass is 361 g/mol. The highest BCUT2D eigenvalue weighted by Crippen LogP contribution is 2.38. The number of hydrogen-bond donors (Lipinski definition) is 0. The first kappa shape index (κ1) is 17.0. The van der Waals surface area contributed by atoms with E-state index in [2.05, 4.69) is 5.10 Å². The van der Waals surface area contributed by atoms with Gasteiger partial charge in [0.25, 0.3) is 5.69 Å². The molecular weight excluding hydrogens is 342 g/mol. The number of nitro groups is 1. The van der Waals surface area contributed by atoms with Crippen molar-refractivity contribution in [3.05, 3.63) is 87.7 Å². The summed E-state index contributed by atoms with van der Waals surface area (Å²) in [4.78, 5) is 10.6. The average molecular weight is 361 g/mol. The third-order valence-corrected chi connectivity index (χ3v) is 4.75. The lowest BCUT2D eigenvalue weighted by Crippen LogP contribution is -2.18. The molecule has 0 unspecified atom stereocenters. The summed E-state index contributed by atoms with van der Waals surface area (Å²) in [6, 6.07) is 16.6. The number of rotatable bonds is 4. The van der Waals surface area contributed by atoms with Crippen LogP contribution in [0.15, 0.2) is 65.9 Å². The van der Waals surface area contributed by atoms with Crippen molar-refractivity contribution in [1.29, 1.82) is 0 Å². The van der Waals surface area contributed by atoms with E-state index in [4.69, 9.17) is 5.10 Å². The van der Waals surface area contributed by atoms with Crippen LogP contribution in [0.1, 0.15) is 29.3 Å². The van der Waals surface area contributed by atoms with Gasteiger partial charge < -0.3 is 0 Å². The molecule has 3 aromatic rings. The highest BCUT2D eigenvalue weighted by molar-refractivity contribution is 6.03. The van der Waals surface area contributed by atoms with Crippen LogP contribution in [-0.2, 0) is 7.05 Å². The molecule has 1 atom stereocenters. The lowest BCUT2D eigenvalue weighted by atomic mass is 9.99. The molecule has 0 saturated carbocycles. The molecule has 4 rings (SSSR count). The molecule has 27 heavy (non-hydrogen) atoms. The maximum absolute atomic E-state index is 11.0. The minimum absolute atomic E-state index is 0.00429. The van der Waals surface area contributed by atoms with Crippen molar-refractivity contribution in [3.63, 3.8) is 0 Å². The quantitative estimate of drug-likeness (QED) is 0.520. The fourth-order valence-electron chi connectivity index (χ4n) is 3.47. The maximum Gasteiger partial charge on any atom is 0.269 e. The van der Waals surface area contributed by atoms with Crippen LogP contribution in [-0.4, -0.2) is 20.4 Å². The number of benzene rings is 2. The van der Waals surface area contributed by atoms with Crippen LogP contribution < -0.4 is 5.01 Å². The molecule has 7 nitrogen and oxygen atoms in total. The Bertz CT molecular complexity index is 1010. The summed E-state index contributed by atoms with van der Waals surface area (Å²) in [5.41, 5.74) is 5.01. The first-order chi connectivity index (χ1) is 13.0. The van der Waals surface area contributed by atoms with E-state index >= 15 is 0 Å². The second-order valence-electron chi connectivity index (χ2n) is 6.59. The highest BCUT2D eigenvalue weighted by Gasteiger charge is 2.32. The first-order valence-electron chi connectivity index (χ1n) is 8.69. The fourth-order valence-corrected chi connectivity index (χ4v) is 3.47. The van der Waals surface area contributed by atoms with Crippen LogP contribution in [0.3, 0.4) is 0 Å². The molecular formula is C20H19N5O2. The van der Waals surface area contributed by atoms with Crippen molar-refractivity contribution in [2.24, 2.45) is 12.1 Å². The Balaban J connectivity index is 1.76. The number of non-ortho nitro benzene ring substituents is 1. The van der Waals surface area contributed by atoms with Gasteiger partial charge in [0.05, 0.1) is 28.1 Å². The van der Waals surface area contributed by atoms with E-state index in [1.54, 1.807) is 16.8 Å². The van der Waals surface area contributed by atoms with E-state index in [1.165, 1.54) is 12.1 Å². The SMILES string of the molecule is Cc1nn(C)cc1[C@H]1CC(c2ccccc2)=NN1c1ccc([N+](=O)[O-])cc1. The van der Waals surface area contributed by atoms with E-state index in [-0.39, 0.29) is 11.7 Å². The molecule has 0 N–H and O–H groups in total. The zero-order valence-corrected chi connectivity index (χ0v) is 15.1. The van der Waals surface area contributed by atoms with Crippen molar-refractivity contribution >= 4 is 17.1 Å². The van der Waals surface area contributed by atoms with Crippen LogP contribution in [0.2, 0.25) is 0 Å². The second kappa shape index (κ2) is 6.68. The van der Waals surface area contributed by atoms with Gasteiger partial charge in [-0.25, -0.2) is 0 Å². The lowest BCUT2D eigenvalue weighted by molar-refractivity contribution is -0.384. The molecule has 0 radical (unpaired) electrons. The number of nitro benzene ring substituents is 1. The Hall–Kier alpha value is -3.48. The van der Waals surface area contributed by atoms with Crippen LogP contribution in [0.25, 0.3) is 0 Å². The predicted octanol–water partition coefficient (Wildman–Crippen LogP) is 3.99. The van der Waals surface area contributed by atoms with Crippen molar-refractivity contribution in [3.8, 4) is 0 Å². The summed E-state index contributed by atoms with van der Waals surface area (Å²) in [5.74, 6) is 0. The Morgan fingerprint density at radius 1 is 1.11 bits per heavy atom. The number of anilines is 1. The predicted molar refractivity (Wildman–Crippen MR) is 104 cm³/mol. The number of nitrogens with zero attached hydrogens (tertiary/aromatic N) is 5. The van der Waals surface area contributed by atoms with Gasteiger partial charge in [0.15, 0.2) is 0 Å². The van der Waals surface area contributed by atoms with Gasteiger partial charge in [-0.3, -0.25) is 19.8 Å². The molecule has 0 amide bonds. The lowest BCUT2D eigenvalue weighted by Gasteiger charge is -2.23. The van der Waals surface area contributed by atoms with Gasteiger partial charge >= 0.3 is 0 Å². The smallest absolute Gasteiger partial charge is 0.269 e. The van der Waals surface area contributed by atoms with Gasteiger partial charge in [0, 0.05) is 37.4 Å². The fraction of sp³-hybridized carbons (Fsp3) is 0.200. The van der Waals surface area contributed by atoms with Crippen LogP contribution >= 0.6 is 0 Å². The van der Waals surface area contributed by atoms with E-state index in [0.29, 0.717) is 0 Å². The number of hydrazone groups is 1. The molecule has 0 saturated heterocycles. The van der Waals surface area contributed by atoms with E-state index in [9.17, 15) is 10.1 Å². The molecule has 1 aliphatic rings. The third kappa shape index (κ3) is 3.19. The average Bonchev–Trinajstić information content (AvgIpc) is 3.25. The van der Waals surface area contributed by atoms with Crippen LogP contribution in [0, 0.1) is 17.0 Å². The Morgan fingerprint density at radius 2 is 1.81 bits per heavy atom. The normalized spacial score (nSPS) is 16.4. The topological polar surface area (TPSA) is 76.6 Å². The summed E-state index contributed by atoms with van der Waals surface area (Å²) in [5, 5.41) is 22.2. The molecule has 0 bridgehead atoms. The minimum atomic E-state index is -0.394.